The molecule has 1 aromatic heterocycles. The highest BCUT2D eigenvalue weighted by Crippen LogP contribution is 2.22. The van der Waals surface area contributed by atoms with E-state index < -0.39 is 5.97 Å². The molecule has 6 nitrogen and oxygen atoms in total. The van der Waals surface area contributed by atoms with Crippen molar-refractivity contribution >= 4 is 23.2 Å². The molecule has 0 aromatic carbocycles. The van der Waals surface area contributed by atoms with E-state index in [0.717, 1.165) is 23.5 Å². The molecule has 23 heavy (non-hydrogen) atoms. The van der Waals surface area contributed by atoms with Crippen LogP contribution in [0.3, 0.4) is 0 Å². The van der Waals surface area contributed by atoms with Crippen molar-refractivity contribution in [2.75, 3.05) is 46.3 Å². The van der Waals surface area contributed by atoms with Gasteiger partial charge in [0.2, 0.25) is 0 Å². The number of amides is 1. The maximum absolute atomic E-state index is 12.7. The van der Waals surface area contributed by atoms with E-state index in [-0.39, 0.29) is 17.9 Å². The summed E-state index contributed by atoms with van der Waals surface area (Å²) in [5.41, 5.74) is 1.03. The van der Waals surface area contributed by atoms with Gasteiger partial charge in [0.1, 0.15) is 0 Å². The molecule has 2 aliphatic heterocycles. The molecule has 1 aromatic rings. The second-order valence-corrected chi connectivity index (χ2v) is 7.51. The molecule has 2 fully saturated rings. The number of rotatable bonds is 2. The van der Waals surface area contributed by atoms with Gasteiger partial charge in [0.15, 0.2) is 0 Å². The van der Waals surface area contributed by atoms with Crippen molar-refractivity contribution in [2.24, 2.45) is 5.92 Å². The minimum atomic E-state index is -0.731. The zero-order chi connectivity index (χ0) is 16.6. The van der Waals surface area contributed by atoms with Crippen LogP contribution in [0.1, 0.15) is 15.2 Å². The summed E-state index contributed by atoms with van der Waals surface area (Å²) in [6, 6.07) is 2.19. The van der Waals surface area contributed by atoms with Crippen molar-refractivity contribution in [3.63, 3.8) is 0 Å². The molecule has 1 amide bonds. The molecule has 0 saturated carbocycles. The number of hydrogen-bond acceptors (Lipinski definition) is 5. The van der Waals surface area contributed by atoms with E-state index in [2.05, 4.69) is 9.80 Å². The molecule has 2 aliphatic rings. The van der Waals surface area contributed by atoms with Crippen LogP contribution in [0.4, 0.5) is 0 Å². The van der Waals surface area contributed by atoms with Crippen molar-refractivity contribution in [2.45, 2.75) is 13.0 Å². The van der Waals surface area contributed by atoms with Crippen molar-refractivity contribution in [3.05, 3.63) is 21.9 Å². The molecule has 0 spiro atoms. The number of carbonyl (C=O) groups excluding carboxylic acids is 1. The van der Waals surface area contributed by atoms with Gasteiger partial charge in [-0.1, -0.05) is 0 Å². The van der Waals surface area contributed by atoms with Gasteiger partial charge in [0, 0.05) is 45.3 Å². The number of piperazine rings is 1. The van der Waals surface area contributed by atoms with Gasteiger partial charge in [-0.05, 0) is 31.0 Å². The molecule has 126 valence electrons. The van der Waals surface area contributed by atoms with Gasteiger partial charge in [-0.2, -0.15) is 0 Å². The Labute approximate surface area is 140 Å². The van der Waals surface area contributed by atoms with E-state index >= 15 is 0 Å². The third-order valence-corrected chi connectivity index (χ3v) is 5.81. The first-order valence-corrected chi connectivity index (χ1v) is 8.82. The lowest BCUT2D eigenvalue weighted by Gasteiger charge is -2.41. The Bertz CT molecular complexity index is 603. The smallest absolute Gasteiger partial charge is 0.309 e. The molecule has 0 bridgehead atoms. The summed E-state index contributed by atoms with van der Waals surface area (Å²) in [6.07, 6.45) is 0. The first-order chi connectivity index (χ1) is 11.0. The molecule has 2 saturated heterocycles. The minimum absolute atomic E-state index is 0.110. The second kappa shape index (κ2) is 6.59. The molecule has 2 unspecified atom stereocenters. The molecule has 0 aliphatic carbocycles. The summed E-state index contributed by atoms with van der Waals surface area (Å²) in [5.74, 6) is -0.976. The van der Waals surface area contributed by atoms with Crippen molar-refractivity contribution in [1.82, 2.24) is 14.7 Å². The first-order valence-electron chi connectivity index (χ1n) is 7.94. The number of thiophene rings is 1. The van der Waals surface area contributed by atoms with E-state index in [0.29, 0.717) is 26.2 Å². The Morgan fingerprint density at radius 1 is 1.22 bits per heavy atom. The standard InChI is InChI=1S/C16H23N3O3S/c1-11-3-6-23-14(11)15(20)19-5-4-18-8-12(16(21)22)7-17(2)9-13(18)10-19/h3,6,12-13H,4-5,7-10H2,1-2H3,(H,21,22). The van der Waals surface area contributed by atoms with Gasteiger partial charge in [0.05, 0.1) is 10.8 Å². The lowest BCUT2D eigenvalue weighted by atomic mass is 10.1. The summed E-state index contributed by atoms with van der Waals surface area (Å²) < 4.78 is 0. The summed E-state index contributed by atoms with van der Waals surface area (Å²) in [6.45, 7) is 6.01. The quantitative estimate of drug-likeness (QED) is 0.866. The Morgan fingerprint density at radius 3 is 2.65 bits per heavy atom. The molecule has 7 heteroatoms. The fourth-order valence-corrected chi connectivity index (χ4v) is 4.43. The van der Waals surface area contributed by atoms with E-state index in [9.17, 15) is 14.7 Å². The Morgan fingerprint density at radius 2 is 2.00 bits per heavy atom. The highest BCUT2D eigenvalue weighted by atomic mass is 32.1. The fraction of sp³-hybridized carbons (Fsp3) is 0.625. The molecule has 3 rings (SSSR count). The van der Waals surface area contributed by atoms with Crippen molar-refractivity contribution in [1.29, 1.82) is 0 Å². The number of carboxylic acid groups (broad SMARTS) is 1. The summed E-state index contributed by atoms with van der Waals surface area (Å²) >= 11 is 1.50. The molecular formula is C16H23N3O3S. The van der Waals surface area contributed by atoms with E-state index in [1.807, 2.05) is 30.3 Å². The van der Waals surface area contributed by atoms with E-state index in [1.165, 1.54) is 11.3 Å². The summed E-state index contributed by atoms with van der Waals surface area (Å²) in [7, 11) is 1.96. The Kier molecular flexibility index (Phi) is 4.70. The topological polar surface area (TPSA) is 64.1 Å². The predicted molar refractivity (Wildman–Crippen MR) is 88.9 cm³/mol. The molecule has 3 heterocycles. The van der Waals surface area contributed by atoms with Crippen LogP contribution in [0.5, 0.6) is 0 Å². The van der Waals surface area contributed by atoms with Gasteiger partial charge in [-0.25, -0.2) is 0 Å². The minimum Gasteiger partial charge on any atom is -0.481 e. The number of aliphatic carboxylic acids is 1. The number of carbonyl (C=O) groups is 2. The van der Waals surface area contributed by atoms with Gasteiger partial charge in [0.25, 0.3) is 5.91 Å². The first kappa shape index (κ1) is 16.4. The van der Waals surface area contributed by atoms with Gasteiger partial charge < -0.3 is 14.9 Å². The monoisotopic (exact) mass is 337 g/mol. The zero-order valence-electron chi connectivity index (χ0n) is 13.6. The van der Waals surface area contributed by atoms with E-state index in [4.69, 9.17) is 0 Å². The van der Waals surface area contributed by atoms with Crippen molar-refractivity contribution < 1.29 is 14.7 Å². The van der Waals surface area contributed by atoms with Crippen LogP contribution >= 0.6 is 11.3 Å². The van der Waals surface area contributed by atoms with Gasteiger partial charge >= 0.3 is 5.97 Å². The number of hydrogen-bond donors (Lipinski definition) is 1. The van der Waals surface area contributed by atoms with Crippen LogP contribution in [0.15, 0.2) is 11.4 Å². The highest BCUT2D eigenvalue weighted by molar-refractivity contribution is 7.12. The SMILES string of the molecule is Cc1ccsc1C(=O)N1CCN2CC(C(=O)O)CN(C)CC2C1. The van der Waals surface area contributed by atoms with Crippen LogP contribution in [-0.2, 0) is 4.79 Å². The third-order valence-electron chi connectivity index (χ3n) is 4.81. The van der Waals surface area contributed by atoms with Gasteiger partial charge in [-0.3, -0.25) is 14.5 Å². The Hall–Kier alpha value is -1.44. The number of carboxylic acids is 1. The molecular weight excluding hydrogens is 314 g/mol. The zero-order valence-corrected chi connectivity index (χ0v) is 14.4. The normalized spacial score (nSPS) is 26.6. The number of fused-ring (bicyclic) bond motifs is 1. The molecule has 0 radical (unpaired) electrons. The van der Waals surface area contributed by atoms with Crippen LogP contribution in [0.2, 0.25) is 0 Å². The lowest BCUT2D eigenvalue weighted by molar-refractivity contribution is -0.142. The number of aryl methyl sites for hydroxylation is 1. The number of likely N-dealkylation sites (N-methyl/N-ethyl adjacent to an activating group) is 1. The maximum Gasteiger partial charge on any atom is 0.309 e. The van der Waals surface area contributed by atoms with Crippen LogP contribution in [0.25, 0.3) is 0 Å². The average Bonchev–Trinajstić information content (AvgIpc) is 2.84. The van der Waals surface area contributed by atoms with Crippen LogP contribution < -0.4 is 0 Å². The lowest BCUT2D eigenvalue weighted by Crippen LogP contribution is -2.57. The largest absolute Gasteiger partial charge is 0.481 e. The third kappa shape index (κ3) is 3.41. The predicted octanol–water partition coefficient (Wildman–Crippen LogP) is 0.829. The van der Waals surface area contributed by atoms with Crippen LogP contribution in [-0.4, -0.2) is 84.0 Å². The van der Waals surface area contributed by atoms with Crippen molar-refractivity contribution in [3.8, 4) is 0 Å². The molecule has 2 atom stereocenters. The summed E-state index contributed by atoms with van der Waals surface area (Å²) in [5, 5.41) is 11.3. The Balaban J connectivity index is 1.71. The maximum atomic E-state index is 12.7. The van der Waals surface area contributed by atoms with E-state index in [1.54, 1.807) is 0 Å². The van der Waals surface area contributed by atoms with Gasteiger partial charge in [-0.15, -0.1) is 11.3 Å². The highest BCUT2D eigenvalue weighted by Gasteiger charge is 2.36. The second-order valence-electron chi connectivity index (χ2n) is 6.59. The average molecular weight is 337 g/mol. The summed E-state index contributed by atoms with van der Waals surface area (Å²) in [4.78, 5) is 31.2. The van der Waals surface area contributed by atoms with Crippen LogP contribution in [0, 0.1) is 12.8 Å². The fourth-order valence-electron chi connectivity index (χ4n) is 3.53. The molecule has 1 N–H and O–H groups in total. The number of nitrogens with zero attached hydrogens (tertiary/aromatic N) is 3.